The van der Waals surface area contributed by atoms with Crippen LogP contribution in [0.15, 0.2) is 52.0 Å². The molecule has 0 N–H and O–H groups in total. The molecule has 2 aliphatic rings. The first-order valence-electron chi connectivity index (χ1n) is 11.3. The molecule has 8 nitrogen and oxygen atoms in total. The number of ether oxygens (including phenoxy) is 1. The predicted molar refractivity (Wildman–Crippen MR) is 124 cm³/mol. The van der Waals surface area contributed by atoms with E-state index in [-0.39, 0.29) is 11.7 Å². The molecule has 2 heterocycles. The molecule has 1 unspecified atom stereocenters. The third kappa shape index (κ3) is 3.90. The molecule has 1 aliphatic heterocycles. The number of azo groups is 2. The normalized spacial score (nSPS) is 17.8. The first kappa shape index (κ1) is 21.3. The van der Waals surface area contributed by atoms with E-state index < -0.39 is 0 Å². The molecule has 5 rings (SSSR count). The van der Waals surface area contributed by atoms with Crippen molar-refractivity contribution in [2.75, 3.05) is 7.05 Å². The highest BCUT2D eigenvalue weighted by molar-refractivity contribution is 5.49. The van der Waals surface area contributed by atoms with Gasteiger partial charge in [-0.15, -0.1) is 0 Å². The quantitative estimate of drug-likeness (QED) is 0.536. The zero-order valence-corrected chi connectivity index (χ0v) is 19.7. The van der Waals surface area contributed by atoms with Crippen molar-refractivity contribution in [3.63, 3.8) is 0 Å². The molecule has 0 bridgehead atoms. The maximum Gasteiger partial charge on any atom is 0.368 e. The van der Waals surface area contributed by atoms with E-state index in [2.05, 4.69) is 55.5 Å². The Morgan fingerprint density at radius 3 is 2.52 bits per heavy atom. The Morgan fingerprint density at radius 1 is 1.09 bits per heavy atom. The van der Waals surface area contributed by atoms with Gasteiger partial charge in [0, 0.05) is 25.6 Å². The lowest BCUT2D eigenvalue weighted by Crippen LogP contribution is -2.23. The summed E-state index contributed by atoms with van der Waals surface area (Å²) in [6, 6.07) is 10.3. The molecule has 0 spiro atoms. The fourth-order valence-electron chi connectivity index (χ4n) is 4.42. The van der Waals surface area contributed by atoms with E-state index in [4.69, 9.17) is 9.85 Å². The van der Waals surface area contributed by atoms with Crippen LogP contribution in [-0.4, -0.2) is 31.5 Å². The molecule has 1 atom stereocenters. The third-order valence-electron chi connectivity index (χ3n) is 6.62. The maximum absolute atomic E-state index is 12.5. The fourth-order valence-corrected chi connectivity index (χ4v) is 4.42. The summed E-state index contributed by atoms with van der Waals surface area (Å²) in [5, 5.41) is 12.7. The van der Waals surface area contributed by atoms with Crippen molar-refractivity contribution in [2.24, 2.45) is 12.2 Å². The Morgan fingerprint density at radius 2 is 1.88 bits per heavy atom. The van der Waals surface area contributed by atoms with Gasteiger partial charge in [-0.05, 0) is 88.6 Å². The zero-order chi connectivity index (χ0) is 23.3. The van der Waals surface area contributed by atoms with E-state index in [0.717, 1.165) is 46.7 Å². The van der Waals surface area contributed by atoms with Gasteiger partial charge in [0.05, 0.1) is 5.69 Å². The average Bonchev–Trinajstić information content (AvgIpc) is 3.51. The number of nitrogens with zero attached hydrogens (tertiary/aromatic N) is 6. The van der Waals surface area contributed by atoms with Crippen LogP contribution in [-0.2, 0) is 13.7 Å². The minimum absolute atomic E-state index is 0.0356. The van der Waals surface area contributed by atoms with Crippen LogP contribution >= 0.6 is 0 Å². The van der Waals surface area contributed by atoms with Gasteiger partial charge in [0.2, 0.25) is 5.70 Å². The van der Waals surface area contributed by atoms with Crippen LogP contribution in [0.2, 0.25) is 0 Å². The summed E-state index contributed by atoms with van der Waals surface area (Å²) < 4.78 is 10.9. The molecule has 1 saturated carbocycles. The number of aryl methyl sites for hydroxylation is 3. The number of allylic oxidation sites excluding steroid dienone is 1. The highest BCUT2D eigenvalue weighted by Gasteiger charge is 2.29. The molecule has 0 amide bonds. The van der Waals surface area contributed by atoms with Crippen molar-refractivity contribution >= 4 is 0 Å². The molecule has 0 saturated heterocycles. The first-order valence-corrected chi connectivity index (χ1v) is 11.3. The Labute approximate surface area is 192 Å². The summed E-state index contributed by atoms with van der Waals surface area (Å²) in [6.45, 7) is 6.59. The van der Waals surface area contributed by atoms with Crippen molar-refractivity contribution in [1.29, 1.82) is 0 Å². The Bertz CT molecular complexity index is 1340. The van der Waals surface area contributed by atoms with Crippen molar-refractivity contribution in [1.82, 2.24) is 19.8 Å². The number of rotatable bonds is 6. The molecular weight excluding hydrogens is 416 g/mol. The van der Waals surface area contributed by atoms with Gasteiger partial charge in [-0.3, -0.25) is 0 Å². The second-order valence-electron chi connectivity index (χ2n) is 9.07. The first-order chi connectivity index (χ1) is 15.8. The van der Waals surface area contributed by atoms with E-state index in [0.29, 0.717) is 12.5 Å². The standard InChI is InChI=1S/C25H29N6O2/c1-15-12-24(16(2)11-20(15)22-13-17(3)29(4)26-22)33-14-21-19(18-9-10-18)7-6-8-23(21)31-25(32)30(5)27-28-31/h6-8,11-13,18,22H,9-10,14H2,1-5H3/q+1. The third-order valence-corrected chi connectivity index (χ3v) is 6.62. The van der Waals surface area contributed by atoms with Crippen LogP contribution in [0.1, 0.15) is 59.5 Å². The topological polar surface area (TPSA) is 77.3 Å². The molecule has 2 aromatic carbocycles. The minimum atomic E-state index is -0.269. The van der Waals surface area contributed by atoms with Gasteiger partial charge in [-0.25, -0.2) is 4.79 Å². The summed E-state index contributed by atoms with van der Waals surface area (Å²) in [4.78, 5) is 12.5. The van der Waals surface area contributed by atoms with Crippen LogP contribution in [0.4, 0.5) is 0 Å². The van der Waals surface area contributed by atoms with E-state index in [1.54, 1.807) is 7.05 Å². The lowest BCUT2D eigenvalue weighted by molar-refractivity contribution is -0.512. The van der Waals surface area contributed by atoms with Gasteiger partial charge in [0.25, 0.3) is 0 Å². The molecule has 33 heavy (non-hydrogen) atoms. The van der Waals surface area contributed by atoms with Crippen LogP contribution in [0.3, 0.4) is 0 Å². The van der Waals surface area contributed by atoms with Crippen LogP contribution < -0.4 is 10.4 Å². The molecule has 1 fully saturated rings. The van der Waals surface area contributed by atoms with Crippen molar-refractivity contribution in [3.05, 3.63) is 80.4 Å². The Balaban J connectivity index is 1.47. The molecule has 170 valence electrons. The number of benzene rings is 2. The van der Waals surface area contributed by atoms with Gasteiger partial charge >= 0.3 is 5.69 Å². The van der Waals surface area contributed by atoms with Crippen LogP contribution in [0, 0.1) is 13.8 Å². The maximum atomic E-state index is 12.5. The van der Waals surface area contributed by atoms with Crippen molar-refractivity contribution in [2.45, 2.75) is 52.2 Å². The fraction of sp³-hybridized carbons (Fsp3) is 0.400. The smallest absolute Gasteiger partial charge is 0.368 e. The van der Waals surface area contributed by atoms with Gasteiger partial charge in [0.15, 0.2) is 13.1 Å². The lowest BCUT2D eigenvalue weighted by Gasteiger charge is -2.17. The Hall–Kier alpha value is -3.55. The molecule has 0 radical (unpaired) electrons. The van der Waals surface area contributed by atoms with Crippen LogP contribution in [0.25, 0.3) is 5.69 Å². The molecule has 1 aliphatic carbocycles. The zero-order valence-electron chi connectivity index (χ0n) is 19.7. The highest BCUT2D eigenvalue weighted by Crippen LogP contribution is 2.43. The van der Waals surface area contributed by atoms with Gasteiger partial charge in [-0.1, -0.05) is 16.8 Å². The number of tetrazole rings is 1. The summed E-state index contributed by atoms with van der Waals surface area (Å²) in [5.41, 5.74) is 7.23. The van der Waals surface area contributed by atoms with Gasteiger partial charge in [0.1, 0.15) is 12.4 Å². The summed E-state index contributed by atoms with van der Waals surface area (Å²) in [7, 11) is 3.58. The van der Waals surface area contributed by atoms with E-state index in [1.165, 1.54) is 20.5 Å². The van der Waals surface area contributed by atoms with Gasteiger partial charge in [-0.2, -0.15) is 9.36 Å². The SMILES string of the molecule is CC1=CC(c2cc(C)c(OCc3c(C4CC4)cccc3-n3nnn(C)c3=O)cc2C)N=[N+]1C. The molecule has 8 heteroatoms. The summed E-state index contributed by atoms with van der Waals surface area (Å²) >= 11 is 0. The highest BCUT2D eigenvalue weighted by atomic mass is 16.5. The van der Waals surface area contributed by atoms with Gasteiger partial charge < -0.3 is 4.74 Å². The van der Waals surface area contributed by atoms with Crippen molar-refractivity contribution in [3.8, 4) is 11.4 Å². The molecule has 1 aromatic heterocycles. The second-order valence-corrected chi connectivity index (χ2v) is 9.07. The summed E-state index contributed by atoms with van der Waals surface area (Å²) in [5.74, 6) is 1.35. The van der Waals surface area contributed by atoms with E-state index in [1.807, 2.05) is 23.9 Å². The summed E-state index contributed by atoms with van der Waals surface area (Å²) in [6.07, 6.45) is 4.49. The van der Waals surface area contributed by atoms with Crippen LogP contribution in [0.5, 0.6) is 5.75 Å². The average molecular weight is 446 g/mol. The Kier molecular flexibility index (Phi) is 5.23. The monoisotopic (exact) mass is 445 g/mol. The predicted octanol–water partition coefficient (Wildman–Crippen LogP) is 4.09. The molecule has 3 aromatic rings. The number of hydrogen-bond donors (Lipinski definition) is 0. The lowest BCUT2D eigenvalue weighted by atomic mass is 9.98. The largest absolute Gasteiger partial charge is 0.489 e. The minimum Gasteiger partial charge on any atom is -0.489 e. The van der Waals surface area contributed by atoms with Crippen molar-refractivity contribution < 1.29 is 9.43 Å². The number of aromatic nitrogens is 4. The molecular formula is C25H29N6O2+. The number of hydrogen-bond acceptors (Lipinski definition) is 5. The second kappa shape index (κ2) is 8.10. The van der Waals surface area contributed by atoms with E-state index >= 15 is 0 Å². The van der Waals surface area contributed by atoms with E-state index in [9.17, 15) is 4.79 Å².